The predicted octanol–water partition coefficient (Wildman–Crippen LogP) is 3.24. The minimum absolute atomic E-state index is 0.0346. The fourth-order valence-corrected chi connectivity index (χ4v) is 4.21. The van der Waals surface area contributed by atoms with Gasteiger partial charge >= 0.3 is 0 Å². The van der Waals surface area contributed by atoms with Crippen molar-refractivity contribution in [2.45, 2.75) is 36.1 Å². The summed E-state index contributed by atoms with van der Waals surface area (Å²) in [5.41, 5.74) is 1.94. The molecule has 0 bridgehead atoms. The highest BCUT2D eigenvalue weighted by Gasteiger charge is 2.44. The summed E-state index contributed by atoms with van der Waals surface area (Å²) in [6.07, 6.45) is -0.977. The molecule has 1 aliphatic rings. The molecule has 3 rings (SSSR count). The lowest BCUT2D eigenvalue weighted by molar-refractivity contribution is -0.0767. The highest BCUT2D eigenvalue weighted by molar-refractivity contribution is 8.00. The molecule has 0 aromatic heterocycles. The molecule has 0 amide bonds. The van der Waals surface area contributed by atoms with Crippen LogP contribution in [0.1, 0.15) is 11.1 Å². The maximum absolute atomic E-state index is 10.5. The average Bonchev–Trinajstić information content (AvgIpc) is 2.97. The number of hydrogen-bond donors (Lipinski definition) is 1. The Kier molecular flexibility index (Phi) is 6.90. The number of benzene rings is 2. The molecule has 1 saturated heterocycles. The second kappa shape index (κ2) is 9.36. The van der Waals surface area contributed by atoms with Gasteiger partial charge in [-0.2, -0.15) is 0 Å². The van der Waals surface area contributed by atoms with Crippen molar-refractivity contribution in [3.05, 3.63) is 71.8 Å². The molecule has 1 aliphatic heterocycles. The van der Waals surface area contributed by atoms with Crippen LogP contribution < -0.4 is 0 Å². The standard InChI is InChI=1S/C20H24O4S/c1-22-20-18(21)19(24-13-16-10-6-3-7-11-16)17(25-20)14-23-12-15-8-4-2-5-9-15/h2-11,17-21H,12-14H2,1H3/t17-,18+,19-,20-/m1/s1. The Morgan fingerprint density at radius 3 is 2.12 bits per heavy atom. The van der Waals surface area contributed by atoms with E-state index in [-0.39, 0.29) is 16.8 Å². The smallest absolute Gasteiger partial charge is 0.131 e. The van der Waals surface area contributed by atoms with E-state index in [4.69, 9.17) is 14.2 Å². The fraction of sp³-hybridized carbons (Fsp3) is 0.400. The third kappa shape index (κ3) is 5.06. The van der Waals surface area contributed by atoms with Gasteiger partial charge in [0.15, 0.2) is 0 Å². The number of thioether (sulfide) groups is 1. The number of aliphatic hydroxyl groups is 1. The van der Waals surface area contributed by atoms with Crippen molar-refractivity contribution < 1.29 is 19.3 Å². The molecule has 2 aromatic rings. The number of hydrogen-bond acceptors (Lipinski definition) is 5. The van der Waals surface area contributed by atoms with Crippen molar-refractivity contribution in [2.24, 2.45) is 0 Å². The highest BCUT2D eigenvalue weighted by Crippen LogP contribution is 2.37. The van der Waals surface area contributed by atoms with Gasteiger partial charge in [0.25, 0.3) is 0 Å². The molecule has 1 fully saturated rings. The van der Waals surface area contributed by atoms with Gasteiger partial charge in [0.1, 0.15) is 17.6 Å². The van der Waals surface area contributed by atoms with Crippen molar-refractivity contribution in [3.8, 4) is 0 Å². The second-order valence-corrected chi connectivity index (χ2v) is 7.37. The van der Waals surface area contributed by atoms with E-state index in [1.807, 2.05) is 60.7 Å². The molecule has 0 unspecified atom stereocenters. The Labute approximate surface area is 153 Å². The SMILES string of the molecule is CO[C@@H]1S[C@H](COCc2ccccc2)[C@@H](OCc2ccccc2)[C@@H]1O. The molecule has 4 atom stereocenters. The molecule has 0 spiro atoms. The van der Waals surface area contributed by atoms with E-state index >= 15 is 0 Å². The van der Waals surface area contributed by atoms with E-state index in [2.05, 4.69) is 0 Å². The van der Waals surface area contributed by atoms with Crippen molar-refractivity contribution in [2.75, 3.05) is 13.7 Å². The third-order valence-electron chi connectivity index (χ3n) is 4.20. The van der Waals surface area contributed by atoms with E-state index in [1.165, 1.54) is 0 Å². The summed E-state index contributed by atoms with van der Waals surface area (Å²) in [4.78, 5) is 0. The van der Waals surface area contributed by atoms with Crippen LogP contribution in [0, 0.1) is 0 Å². The van der Waals surface area contributed by atoms with Crippen molar-refractivity contribution >= 4 is 11.8 Å². The molecule has 0 aliphatic carbocycles. The van der Waals surface area contributed by atoms with Crippen LogP contribution in [0.3, 0.4) is 0 Å². The maximum Gasteiger partial charge on any atom is 0.131 e. The van der Waals surface area contributed by atoms with Gasteiger partial charge in [0.2, 0.25) is 0 Å². The highest BCUT2D eigenvalue weighted by atomic mass is 32.2. The minimum atomic E-state index is -0.663. The Hall–Kier alpha value is -1.37. The summed E-state index contributed by atoms with van der Waals surface area (Å²) in [7, 11) is 1.61. The van der Waals surface area contributed by atoms with Crippen LogP contribution in [0.2, 0.25) is 0 Å². The summed E-state index contributed by atoms with van der Waals surface area (Å²) in [6.45, 7) is 1.53. The van der Waals surface area contributed by atoms with Gasteiger partial charge in [0, 0.05) is 7.11 Å². The van der Waals surface area contributed by atoms with Crippen LogP contribution >= 0.6 is 11.8 Å². The van der Waals surface area contributed by atoms with Gasteiger partial charge in [-0.25, -0.2) is 0 Å². The zero-order valence-electron chi connectivity index (χ0n) is 14.3. The number of aliphatic hydroxyl groups excluding tert-OH is 1. The molecular formula is C20H24O4S. The molecule has 0 radical (unpaired) electrons. The lowest BCUT2D eigenvalue weighted by Crippen LogP contribution is -2.37. The zero-order valence-corrected chi connectivity index (χ0v) is 15.1. The lowest BCUT2D eigenvalue weighted by atomic mass is 10.1. The lowest BCUT2D eigenvalue weighted by Gasteiger charge is -2.22. The monoisotopic (exact) mass is 360 g/mol. The molecule has 2 aromatic carbocycles. The maximum atomic E-state index is 10.5. The van der Waals surface area contributed by atoms with Crippen LogP contribution in [0.25, 0.3) is 0 Å². The Bertz CT molecular complexity index is 622. The third-order valence-corrected chi connectivity index (χ3v) is 5.70. The molecule has 1 heterocycles. The van der Waals surface area contributed by atoms with Crippen molar-refractivity contribution in [3.63, 3.8) is 0 Å². The van der Waals surface area contributed by atoms with Gasteiger partial charge < -0.3 is 19.3 Å². The fourth-order valence-electron chi connectivity index (χ4n) is 2.87. The minimum Gasteiger partial charge on any atom is -0.387 e. The first-order valence-corrected chi connectivity index (χ1v) is 9.35. The molecule has 25 heavy (non-hydrogen) atoms. The second-order valence-electron chi connectivity index (χ2n) is 6.03. The van der Waals surface area contributed by atoms with E-state index in [9.17, 15) is 5.11 Å². The van der Waals surface area contributed by atoms with Gasteiger partial charge in [-0.3, -0.25) is 0 Å². The first kappa shape index (κ1) is 18.4. The van der Waals surface area contributed by atoms with Crippen LogP contribution in [0.4, 0.5) is 0 Å². The summed E-state index contributed by atoms with van der Waals surface area (Å²) in [5.74, 6) is 0. The Morgan fingerprint density at radius 1 is 0.920 bits per heavy atom. The first-order valence-electron chi connectivity index (χ1n) is 8.41. The quantitative estimate of drug-likeness (QED) is 0.783. The average molecular weight is 360 g/mol. The zero-order chi connectivity index (χ0) is 17.5. The summed E-state index contributed by atoms with van der Waals surface area (Å²) < 4.78 is 17.3. The Balaban J connectivity index is 1.55. The first-order chi connectivity index (χ1) is 12.3. The summed E-state index contributed by atoms with van der Waals surface area (Å²) in [6, 6.07) is 20.0. The molecule has 4 nitrogen and oxygen atoms in total. The molecule has 1 N–H and O–H groups in total. The van der Waals surface area contributed by atoms with Crippen LogP contribution in [-0.4, -0.2) is 41.7 Å². The van der Waals surface area contributed by atoms with E-state index in [1.54, 1.807) is 18.9 Å². The summed E-state index contributed by atoms with van der Waals surface area (Å²) >= 11 is 1.57. The molecule has 5 heteroatoms. The molecular weight excluding hydrogens is 336 g/mol. The molecule has 0 saturated carbocycles. The van der Waals surface area contributed by atoms with Crippen molar-refractivity contribution in [1.82, 2.24) is 0 Å². The van der Waals surface area contributed by atoms with Gasteiger partial charge in [0.05, 0.1) is 25.1 Å². The predicted molar refractivity (Wildman–Crippen MR) is 99.3 cm³/mol. The van der Waals surface area contributed by atoms with Gasteiger partial charge in [-0.05, 0) is 11.1 Å². The van der Waals surface area contributed by atoms with Crippen molar-refractivity contribution in [1.29, 1.82) is 0 Å². The van der Waals surface area contributed by atoms with Crippen LogP contribution in [0.5, 0.6) is 0 Å². The largest absolute Gasteiger partial charge is 0.387 e. The topological polar surface area (TPSA) is 47.9 Å². The van der Waals surface area contributed by atoms with E-state index in [0.29, 0.717) is 19.8 Å². The Morgan fingerprint density at radius 2 is 1.52 bits per heavy atom. The normalized spacial score (nSPS) is 26.0. The van der Waals surface area contributed by atoms with Crippen LogP contribution in [0.15, 0.2) is 60.7 Å². The van der Waals surface area contributed by atoms with Gasteiger partial charge in [-0.15, -0.1) is 11.8 Å². The van der Waals surface area contributed by atoms with Gasteiger partial charge in [-0.1, -0.05) is 60.7 Å². The summed E-state index contributed by atoms with van der Waals surface area (Å²) in [5, 5.41) is 10.5. The molecule has 134 valence electrons. The van der Waals surface area contributed by atoms with E-state index in [0.717, 1.165) is 11.1 Å². The number of ether oxygens (including phenoxy) is 3. The van der Waals surface area contributed by atoms with E-state index < -0.39 is 6.10 Å². The van der Waals surface area contributed by atoms with Crippen LogP contribution in [-0.2, 0) is 27.4 Å². The number of rotatable bonds is 8. The number of methoxy groups -OCH3 is 1.